The normalized spacial score (nSPS) is 10.7. The van der Waals surface area contributed by atoms with Crippen LogP contribution in [0, 0.1) is 0 Å². The van der Waals surface area contributed by atoms with E-state index in [2.05, 4.69) is 5.32 Å². The molecule has 4 amide bonds. The van der Waals surface area contributed by atoms with Gasteiger partial charge in [0.15, 0.2) is 0 Å². The van der Waals surface area contributed by atoms with Crippen molar-refractivity contribution < 1.29 is 18.0 Å². The predicted octanol–water partition coefficient (Wildman–Crippen LogP) is -0.961. The van der Waals surface area contributed by atoms with Crippen LogP contribution >= 0.6 is 0 Å². The first kappa shape index (κ1) is 13.9. The predicted molar refractivity (Wildman–Crippen MR) is 62.7 cm³/mol. The van der Waals surface area contributed by atoms with E-state index in [1.807, 2.05) is 0 Å². The Bertz CT molecular complexity index is 553. The summed E-state index contributed by atoms with van der Waals surface area (Å²) in [6.45, 7) is 0. The maximum Gasteiger partial charge on any atom is 0.327 e. The highest BCUT2D eigenvalue weighted by Crippen LogP contribution is 2.13. The quantitative estimate of drug-likeness (QED) is 0.354. The second-order valence-corrected chi connectivity index (χ2v) is 4.80. The van der Waals surface area contributed by atoms with Crippen molar-refractivity contribution in [3.05, 3.63) is 24.3 Å². The number of amides is 4. The molecule has 18 heavy (non-hydrogen) atoms. The number of sulfonamides is 1. The first-order valence-corrected chi connectivity index (χ1v) is 6.03. The molecule has 10 heteroatoms. The number of hydrogen-bond donors (Lipinski definition) is 5. The Kier molecular flexibility index (Phi) is 4.20. The molecular weight excluding hydrogens is 262 g/mol. The molecule has 0 bridgehead atoms. The Morgan fingerprint density at radius 1 is 1.11 bits per heavy atom. The van der Waals surface area contributed by atoms with Crippen LogP contribution in [0.15, 0.2) is 29.2 Å². The smallest absolute Gasteiger partial charge is 0.327 e. The van der Waals surface area contributed by atoms with Crippen molar-refractivity contribution in [2.75, 3.05) is 5.32 Å². The molecule has 0 spiro atoms. The summed E-state index contributed by atoms with van der Waals surface area (Å²) in [6.07, 6.45) is 0. The topological polar surface area (TPSA) is 156 Å². The van der Waals surface area contributed by atoms with Crippen LogP contribution in [0.3, 0.4) is 0 Å². The van der Waals surface area contributed by atoms with Crippen molar-refractivity contribution in [3.8, 4) is 0 Å². The lowest BCUT2D eigenvalue weighted by atomic mass is 10.3. The van der Waals surface area contributed by atoms with E-state index in [0.717, 1.165) is 0 Å². The van der Waals surface area contributed by atoms with Gasteiger partial charge in [0.2, 0.25) is 0 Å². The molecule has 1 aromatic carbocycles. The second kappa shape index (κ2) is 5.44. The lowest BCUT2D eigenvalue weighted by Crippen LogP contribution is -2.38. The molecule has 0 aliphatic heterocycles. The van der Waals surface area contributed by atoms with E-state index >= 15 is 0 Å². The minimum Gasteiger partial charge on any atom is -0.351 e. The van der Waals surface area contributed by atoms with Gasteiger partial charge in [-0.3, -0.25) is 11.2 Å². The summed E-state index contributed by atoms with van der Waals surface area (Å²) in [7, 11) is -3.74. The van der Waals surface area contributed by atoms with Crippen molar-refractivity contribution in [2.45, 2.75) is 4.90 Å². The van der Waals surface area contributed by atoms with Crippen molar-refractivity contribution in [3.63, 3.8) is 0 Å². The fourth-order valence-corrected chi connectivity index (χ4v) is 1.69. The molecule has 1 aromatic rings. The minimum absolute atomic E-state index is 0.0640. The molecule has 0 fully saturated rings. The summed E-state index contributed by atoms with van der Waals surface area (Å²) < 4.78 is 22.6. The molecule has 9 nitrogen and oxygen atoms in total. The number of imide groups is 1. The van der Waals surface area contributed by atoms with Crippen LogP contribution in [0.4, 0.5) is 15.3 Å². The summed E-state index contributed by atoms with van der Waals surface area (Å²) in [5.74, 6) is 4.84. The Labute approximate surface area is 103 Å². The fourth-order valence-electron chi connectivity index (χ4n) is 1.06. The first-order chi connectivity index (χ1) is 8.35. The zero-order chi connectivity index (χ0) is 13.8. The Morgan fingerprint density at radius 3 is 2.11 bits per heavy atom. The average Bonchev–Trinajstić information content (AvgIpc) is 2.28. The lowest BCUT2D eigenvalue weighted by Gasteiger charge is -2.06. The molecule has 0 aliphatic carbocycles. The number of rotatable bonds is 3. The zero-order valence-corrected chi connectivity index (χ0v) is 9.82. The van der Waals surface area contributed by atoms with Crippen LogP contribution in [0.1, 0.15) is 0 Å². The monoisotopic (exact) mass is 273 g/mol. The van der Waals surface area contributed by atoms with Gasteiger partial charge in [0, 0.05) is 5.69 Å². The van der Waals surface area contributed by atoms with Crippen LogP contribution in [0.5, 0.6) is 0 Å². The van der Waals surface area contributed by atoms with Crippen molar-refractivity contribution in [1.82, 2.24) is 10.1 Å². The summed E-state index contributed by atoms with van der Waals surface area (Å²) >= 11 is 0. The molecule has 0 saturated carbocycles. The zero-order valence-electron chi connectivity index (χ0n) is 9.01. The third-order valence-corrected chi connectivity index (χ3v) is 3.02. The highest BCUT2D eigenvalue weighted by molar-refractivity contribution is 7.89. The molecule has 0 aromatic heterocycles. The molecule has 0 heterocycles. The summed E-state index contributed by atoms with van der Waals surface area (Å²) in [5.41, 5.74) is 5.02. The largest absolute Gasteiger partial charge is 0.351 e. The SMILES string of the molecule is NNS(=O)(=O)c1ccc(NC(=O)NC(N)=O)cc1. The molecule has 0 atom stereocenters. The fraction of sp³-hybridized carbons (Fsp3) is 0. The number of carbonyl (C=O) groups excluding carboxylic acids is 2. The van der Waals surface area contributed by atoms with Gasteiger partial charge in [-0.05, 0) is 24.3 Å². The molecule has 0 unspecified atom stereocenters. The number of nitrogens with one attached hydrogen (secondary N) is 3. The number of benzene rings is 1. The van der Waals surface area contributed by atoms with Gasteiger partial charge in [0.25, 0.3) is 10.0 Å². The van der Waals surface area contributed by atoms with E-state index in [1.54, 1.807) is 10.1 Å². The van der Waals surface area contributed by atoms with E-state index in [1.165, 1.54) is 24.3 Å². The molecule has 1 rings (SSSR count). The van der Waals surface area contributed by atoms with Crippen LogP contribution < -0.4 is 27.0 Å². The molecule has 0 saturated heterocycles. The van der Waals surface area contributed by atoms with Crippen molar-refractivity contribution in [2.24, 2.45) is 11.6 Å². The molecule has 0 radical (unpaired) electrons. The Hall–Kier alpha value is -2.17. The van der Waals surface area contributed by atoms with Gasteiger partial charge in [-0.1, -0.05) is 0 Å². The van der Waals surface area contributed by atoms with Gasteiger partial charge >= 0.3 is 12.1 Å². The van der Waals surface area contributed by atoms with Gasteiger partial charge in [0.05, 0.1) is 4.90 Å². The van der Waals surface area contributed by atoms with Crippen LogP contribution in [-0.4, -0.2) is 20.5 Å². The molecule has 7 N–H and O–H groups in total. The number of hydrogen-bond acceptors (Lipinski definition) is 5. The third-order valence-electron chi connectivity index (χ3n) is 1.81. The van der Waals surface area contributed by atoms with Crippen LogP contribution in [-0.2, 0) is 10.0 Å². The maximum atomic E-state index is 11.3. The van der Waals surface area contributed by atoms with Gasteiger partial charge in [-0.15, -0.1) is 0 Å². The molecular formula is C8H11N5O4S. The highest BCUT2D eigenvalue weighted by atomic mass is 32.2. The number of primary amides is 1. The average molecular weight is 273 g/mol. The van der Waals surface area contributed by atoms with Gasteiger partial charge in [-0.25, -0.2) is 18.0 Å². The van der Waals surface area contributed by atoms with E-state index in [4.69, 9.17) is 11.6 Å². The van der Waals surface area contributed by atoms with Crippen molar-refractivity contribution >= 4 is 27.8 Å². The van der Waals surface area contributed by atoms with Crippen LogP contribution in [0.2, 0.25) is 0 Å². The number of urea groups is 2. The second-order valence-electron chi connectivity index (χ2n) is 3.09. The third kappa shape index (κ3) is 3.69. The maximum absolute atomic E-state index is 11.3. The van der Waals surface area contributed by atoms with E-state index in [9.17, 15) is 18.0 Å². The Balaban J connectivity index is 2.78. The van der Waals surface area contributed by atoms with Gasteiger partial charge in [0.1, 0.15) is 0 Å². The number of anilines is 1. The van der Waals surface area contributed by atoms with E-state index in [0.29, 0.717) is 0 Å². The van der Waals surface area contributed by atoms with Crippen LogP contribution in [0.25, 0.3) is 0 Å². The highest BCUT2D eigenvalue weighted by Gasteiger charge is 2.11. The summed E-state index contributed by atoms with van der Waals surface area (Å²) in [5, 5.41) is 4.06. The number of nitrogens with two attached hydrogens (primary N) is 2. The standard InChI is InChI=1S/C8H11N5O4S/c9-7(14)12-8(15)11-5-1-3-6(4-2-5)18(16,17)13-10/h1-4,13H,10H2,(H4,9,11,12,14,15). The van der Waals surface area contributed by atoms with Gasteiger partial charge < -0.3 is 11.1 Å². The number of hydrazine groups is 1. The number of carbonyl (C=O) groups is 2. The molecule has 98 valence electrons. The van der Waals surface area contributed by atoms with E-state index < -0.39 is 22.1 Å². The van der Waals surface area contributed by atoms with E-state index in [-0.39, 0.29) is 10.6 Å². The van der Waals surface area contributed by atoms with Crippen molar-refractivity contribution in [1.29, 1.82) is 0 Å². The summed E-state index contributed by atoms with van der Waals surface area (Å²) in [4.78, 5) is 23.1. The Morgan fingerprint density at radius 2 is 1.67 bits per heavy atom. The minimum atomic E-state index is -3.74. The lowest BCUT2D eigenvalue weighted by molar-refractivity contribution is 0.238. The summed E-state index contributed by atoms with van der Waals surface area (Å²) in [6, 6.07) is 3.29. The molecule has 0 aliphatic rings. The van der Waals surface area contributed by atoms with Gasteiger partial charge in [-0.2, -0.15) is 4.83 Å². The first-order valence-electron chi connectivity index (χ1n) is 4.55.